The quantitative estimate of drug-likeness (QED) is 0.264. The van der Waals surface area contributed by atoms with Gasteiger partial charge in [-0.1, -0.05) is 66.7 Å². The number of benzene rings is 3. The second kappa shape index (κ2) is 8.40. The number of fused-ring (bicyclic) bond motifs is 1. The summed E-state index contributed by atoms with van der Waals surface area (Å²) in [5.41, 5.74) is 7.32. The molecule has 3 aromatic heterocycles. The van der Waals surface area contributed by atoms with Crippen LogP contribution < -0.4 is 4.74 Å². The van der Waals surface area contributed by atoms with Gasteiger partial charge in [-0.3, -0.25) is 0 Å². The number of hydrogen-bond donors (Lipinski definition) is 2. The zero-order chi connectivity index (χ0) is 23.0. The van der Waals surface area contributed by atoms with Crippen molar-refractivity contribution in [1.29, 1.82) is 0 Å². The van der Waals surface area contributed by atoms with Crippen LogP contribution in [0.3, 0.4) is 0 Å². The zero-order valence-corrected chi connectivity index (χ0v) is 19.6. The van der Waals surface area contributed by atoms with Crippen molar-refractivity contribution in [2.24, 2.45) is 0 Å². The Morgan fingerprint density at radius 3 is 2.35 bits per heavy atom. The van der Waals surface area contributed by atoms with Crippen molar-refractivity contribution < 1.29 is 4.74 Å². The topological polar surface area (TPSA) is 40.8 Å². The van der Waals surface area contributed by atoms with E-state index in [9.17, 15) is 0 Å². The van der Waals surface area contributed by atoms with Crippen molar-refractivity contribution in [3.63, 3.8) is 0 Å². The van der Waals surface area contributed by atoms with Gasteiger partial charge in [0.25, 0.3) is 0 Å². The molecular formula is C30H24N2OS. The molecule has 0 saturated carbocycles. The van der Waals surface area contributed by atoms with Gasteiger partial charge in [0, 0.05) is 39.6 Å². The molecule has 0 spiro atoms. The molecule has 0 aliphatic heterocycles. The van der Waals surface area contributed by atoms with Gasteiger partial charge in [-0.15, -0.1) is 0 Å². The fraction of sp³-hybridized carbons (Fsp3) is 0.0667. The number of methoxy groups -OCH3 is 1. The maximum Gasteiger partial charge on any atom is 0.123 e. The van der Waals surface area contributed by atoms with Gasteiger partial charge in [0.05, 0.1) is 7.11 Å². The van der Waals surface area contributed by atoms with Crippen LogP contribution in [-0.4, -0.2) is 17.1 Å². The number of rotatable bonds is 6. The third-order valence-electron chi connectivity index (χ3n) is 6.61. The Kier molecular flexibility index (Phi) is 5.08. The monoisotopic (exact) mass is 460 g/mol. The van der Waals surface area contributed by atoms with Crippen LogP contribution in [0.25, 0.3) is 22.0 Å². The van der Waals surface area contributed by atoms with E-state index in [1.165, 1.54) is 22.1 Å². The van der Waals surface area contributed by atoms with Crippen molar-refractivity contribution >= 4 is 22.2 Å². The Morgan fingerprint density at radius 2 is 1.59 bits per heavy atom. The molecule has 4 heteroatoms. The van der Waals surface area contributed by atoms with E-state index in [1.807, 2.05) is 18.3 Å². The summed E-state index contributed by atoms with van der Waals surface area (Å²) in [4.78, 5) is 7.43. The highest BCUT2D eigenvalue weighted by Gasteiger charge is 2.45. The summed E-state index contributed by atoms with van der Waals surface area (Å²) in [5.74, 6) is 0.848. The van der Waals surface area contributed by atoms with E-state index in [4.69, 9.17) is 4.74 Å². The van der Waals surface area contributed by atoms with Crippen molar-refractivity contribution in [2.45, 2.75) is 5.41 Å². The maximum atomic E-state index is 5.96. The van der Waals surface area contributed by atoms with Crippen molar-refractivity contribution in [3.8, 4) is 16.9 Å². The lowest BCUT2D eigenvalue weighted by molar-refractivity contribution is 0.404. The molecule has 3 nitrogen and oxygen atoms in total. The van der Waals surface area contributed by atoms with E-state index >= 15 is 0 Å². The van der Waals surface area contributed by atoms with Crippen molar-refractivity contribution in [1.82, 2.24) is 9.97 Å². The van der Waals surface area contributed by atoms with Gasteiger partial charge in [-0.2, -0.15) is 11.3 Å². The Bertz CT molecular complexity index is 1500. The molecule has 0 fully saturated rings. The van der Waals surface area contributed by atoms with Gasteiger partial charge in [0.15, 0.2) is 0 Å². The highest BCUT2D eigenvalue weighted by Crippen LogP contribution is 2.52. The van der Waals surface area contributed by atoms with Crippen LogP contribution in [0.1, 0.15) is 22.5 Å². The number of para-hydroxylation sites is 2. The highest BCUT2D eigenvalue weighted by molar-refractivity contribution is 7.08. The molecule has 1 unspecified atom stereocenters. The zero-order valence-electron chi connectivity index (χ0n) is 18.8. The van der Waals surface area contributed by atoms with Gasteiger partial charge in [-0.05, 0) is 52.2 Å². The van der Waals surface area contributed by atoms with Gasteiger partial charge >= 0.3 is 0 Å². The molecule has 1 atom stereocenters. The third-order valence-corrected chi connectivity index (χ3v) is 7.29. The number of ether oxygens (including phenoxy) is 1. The standard InChI is InChI=1S/C30H24N2OS/c1-33-26-15-8-6-13-24(26)30(22-17-19-34-20-22,27-16-9-18-31-27)29-28(21-10-3-2-4-11-21)23-12-5-7-14-25(23)32-29/h2-20,31-32H,1H3. The Labute approximate surface area is 202 Å². The second-order valence-electron chi connectivity index (χ2n) is 8.33. The second-order valence-corrected chi connectivity index (χ2v) is 9.11. The third kappa shape index (κ3) is 3.03. The minimum atomic E-state index is -0.639. The van der Waals surface area contributed by atoms with Gasteiger partial charge < -0.3 is 14.7 Å². The first-order chi connectivity index (χ1) is 16.8. The smallest absolute Gasteiger partial charge is 0.123 e. The number of H-pyrrole nitrogens is 2. The summed E-state index contributed by atoms with van der Waals surface area (Å²) in [5, 5.41) is 5.59. The molecule has 0 bridgehead atoms. The highest BCUT2D eigenvalue weighted by atomic mass is 32.1. The van der Waals surface area contributed by atoms with Crippen molar-refractivity contribution in [3.05, 3.63) is 137 Å². The molecule has 0 aliphatic rings. The summed E-state index contributed by atoms with van der Waals surface area (Å²) in [7, 11) is 1.75. The number of aromatic nitrogens is 2. The van der Waals surface area contributed by atoms with Gasteiger partial charge in [0.2, 0.25) is 0 Å². The Balaban J connectivity index is 1.83. The summed E-state index contributed by atoms with van der Waals surface area (Å²) in [6.45, 7) is 0. The molecule has 2 N–H and O–H groups in total. The predicted octanol–water partition coefficient (Wildman–Crippen LogP) is 7.62. The summed E-state index contributed by atoms with van der Waals surface area (Å²) >= 11 is 1.71. The minimum Gasteiger partial charge on any atom is -0.496 e. The Hall–Kier alpha value is -4.02. The van der Waals surface area contributed by atoms with Crippen LogP contribution >= 0.6 is 11.3 Å². The average molecular weight is 461 g/mol. The van der Waals surface area contributed by atoms with E-state index in [-0.39, 0.29) is 0 Å². The lowest BCUT2D eigenvalue weighted by Crippen LogP contribution is -2.32. The predicted molar refractivity (Wildman–Crippen MR) is 141 cm³/mol. The Morgan fingerprint density at radius 1 is 0.794 bits per heavy atom. The van der Waals surface area contributed by atoms with Crippen LogP contribution in [0, 0.1) is 0 Å². The van der Waals surface area contributed by atoms with E-state index in [1.54, 1.807) is 18.4 Å². The van der Waals surface area contributed by atoms with Gasteiger partial charge in [0.1, 0.15) is 11.2 Å². The molecule has 6 rings (SSSR count). The number of nitrogens with one attached hydrogen (secondary N) is 2. The molecule has 3 aromatic carbocycles. The lowest BCUT2D eigenvalue weighted by Gasteiger charge is -2.35. The summed E-state index contributed by atoms with van der Waals surface area (Å²) in [6, 6.07) is 34.0. The van der Waals surface area contributed by atoms with Crippen molar-refractivity contribution in [2.75, 3.05) is 7.11 Å². The fourth-order valence-corrected chi connectivity index (χ4v) is 5.90. The van der Waals surface area contributed by atoms with E-state index in [0.717, 1.165) is 28.2 Å². The van der Waals surface area contributed by atoms with E-state index < -0.39 is 5.41 Å². The van der Waals surface area contributed by atoms with Crippen LogP contribution in [0.2, 0.25) is 0 Å². The van der Waals surface area contributed by atoms with Crippen LogP contribution in [-0.2, 0) is 5.41 Å². The number of aromatic amines is 2. The number of thiophene rings is 1. The molecule has 3 heterocycles. The molecule has 6 aromatic rings. The average Bonchev–Trinajstić information content (AvgIpc) is 3.67. The molecule has 166 valence electrons. The van der Waals surface area contributed by atoms with Crippen LogP contribution in [0.5, 0.6) is 5.75 Å². The fourth-order valence-electron chi connectivity index (χ4n) is 5.19. The maximum absolute atomic E-state index is 5.96. The SMILES string of the molecule is COc1ccccc1C(c1ccsc1)(c1ccc[nH]1)c1[nH]c2ccccc2c1-c1ccccc1. The van der Waals surface area contributed by atoms with Gasteiger partial charge in [-0.25, -0.2) is 0 Å². The van der Waals surface area contributed by atoms with Crippen LogP contribution in [0.15, 0.2) is 114 Å². The molecule has 0 amide bonds. The molecule has 0 radical (unpaired) electrons. The first kappa shape index (κ1) is 20.6. The minimum absolute atomic E-state index is 0.639. The van der Waals surface area contributed by atoms with E-state index in [2.05, 4.69) is 106 Å². The number of hydrogen-bond acceptors (Lipinski definition) is 2. The molecule has 0 aliphatic carbocycles. The summed E-state index contributed by atoms with van der Waals surface area (Å²) < 4.78 is 5.96. The normalized spacial score (nSPS) is 13.1. The molecule has 34 heavy (non-hydrogen) atoms. The molecular weight excluding hydrogens is 436 g/mol. The largest absolute Gasteiger partial charge is 0.496 e. The lowest BCUT2D eigenvalue weighted by atomic mass is 9.68. The molecule has 0 saturated heterocycles. The first-order valence-corrected chi connectivity index (χ1v) is 12.2. The summed E-state index contributed by atoms with van der Waals surface area (Å²) in [6.07, 6.45) is 2.00. The van der Waals surface area contributed by atoms with Crippen LogP contribution in [0.4, 0.5) is 0 Å². The first-order valence-electron chi connectivity index (χ1n) is 11.3. The van der Waals surface area contributed by atoms with E-state index in [0.29, 0.717) is 0 Å².